The number of hydrogen-bond acceptors (Lipinski definition) is 5. The number of hydrogen-bond donors (Lipinski definition) is 1. The number of carbonyl (C=O) groups is 3. The molecule has 2 amide bonds. The van der Waals surface area contributed by atoms with Crippen molar-refractivity contribution in [1.82, 2.24) is 0 Å². The summed E-state index contributed by atoms with van der Waals surface area (Å²) in [4.78, 5) is 40.6. The first-order valence-electron chi connectivity index (χ1n) is 8.96. The molecule has 1 fully saturated rings. The molecule has 1 unspecified atom stereocenters. The number of anilines is 3. The van der Waals surface area contributed by atoms with E-state index in [0.717, 1.165) is 5.69 Å². The van der Waals surface area contributed by atoms with Crippen LogP contribution < -0.4 is 15.1 Å². The lowest BCUT2D eigenvalue weighted by Crippen LogP contribution is -2.29. The SMILES string of the molecule is COC(=O)c1ccccc1N1CC(C(=O)Nc2ccc(N(C)C)cc2)CC1=O. The average molecular weight is 381 g/mol. The van der Waals surface area contributed by atoms with Gasteiger partial charge in [0.05, 0.1) is 24.3 Å². The first kappa shape index (κ1) is 19.4. The van der Waals surface area contributed by atoms with Crippen LogP contribution in [0.1, 0.15) is 16.8 Å². The molecule has 1 aliphatic rings. The lowest BCUT2D eigenvalue weighted by atomic mass is 10.1. The molecule has 1 atom stereocenters. The van der Waals surface area contributed by atoms with Gasteiger partial charge in [0, 0.05) is 38.4 Å². The normalized spacial score (nSPS) is 16.0. The number of benzene rings is 2. The molecule has 1 saturated heterocycles. The van der Waals surface area contributed by atoms with E-state index in [-0.39, 0.29) is 24.8 Å². The molecule has 7 heteroatoms. The molecule has 0 aromatic heterocycles. The van der Waals surface area contributed by atoms with Crippen molar-refractivity contribution < 1.29 is 19.1 Å². The molecule has 1 heterocycles. The zero-order valence-corrected chi connectivity index (χ0v) is 16.1. The van der Waals surface area contributed by atoms with E-state index in [1.165, 1.54) is 12.0 Å². The summed E-state index contributed by atoms with van der Waals surface area (Å²) in [6.07, 6.45) is 0.0944. The maximum absolute atomic E-state index is 12.6. The Balaban J connectivity index is 1.72. The van der Waals surface area contributed by atoms with Crippen molar-refractivity contribution in [3.63, 3.8) is 0 Å². The second kappa shape index (κ2) is 8.12. The number of para-hydroxylation sites is 1. The van der Waals surface area contributed by atoms with E-state index < -0.39 is 11.9 Å². The second-order valence-corrected chi connectivity index (χ2v) is 6.84. The van der Waals surface area contributed by atoms with Gasteiger partial charge < -0.3 is 19.9 Å². The Hall–Kier alpha value is -3.35. The average Bonchev–Trinajstić information content (AvgIpc) is 3.09. The van der Waals surface area contributed by atoms with E-state index in [1.54, 1.807) is 24.3 Å². The van der Waals surface area contributed by atoms with Crippen molar-refractivity contribution >= 4 is 34.8 Å². The third-order valence-electron chi connectivity index (χ3n) is 4.75. The van der Waals surface area contributed by atoms with Crippen LogP contribution in [-0.2, 0) is 14.3 Å². The van der Waals surface area contributed by atoms with E-state index in [1.807, 2.05) is 43.3 Å². The number of ether oxygens (including phenoxy) is 1. The van der Waals surface area contributed by atoms with Gasteiger partial charge in [-0.05, 0) is 36.4 Å². The number of nitrogens with zero attached hydrogens (tertiary/aromatic N) is 2. The van der Waals surface area contributed by atoms with Gasteiger partial charge in [-0.2, -0.15) is 0 Å². The number of rotatable bonds is 5. The van der Waals surface area contributed by atoms with Crippen LogP contribution in [0, 0.1) is 5.92 Å². The highest BCUT2D eigenvalue weighted by Crippen LogP contribution is 2.29. The van der Waals surface area contributed by atoms with Crippen molar-refractivity contribution in [2.45, 2.75) is 6.42 Å². The van der Waals surface area contributed by atoms with Gasteiger partial charge in [0.25, 0.3) is 0 Å². The number of carbonyl (C=O) groups excluding carboxylic acids is 3. The predicted molar refractivity (Wildman–Crippen MR) is 108 cm³/mol. The summed E-state index contributed by atoms with van der Waals surface area (Å²) in [5.74, 6) is -1.42. The van der Waals surface area contributed by atoms with Crippen molar-refractivity contribution in [1.29, 1.82) is 0 Å². The third-order valence-corrected chi connectivity index (χ3v) is 4.75. The van der Waals surface area contributed by atoms with Crippen molar-refractivity contribution in [3.8, 4) is 0 Å². The molecular formula is C21H23N3O4. The van der Waals surface area contributed by atoms with Gasteiger partial charge in [-0.25, -0.2) is 4.79 Å². The van der Waals surface area contributed by atoms with E-state index in [2.05, 4.69) is 5.32 Å². The Morgan fingerprint density at radius 1 is 1.11 bits per heavy atom. The summed E-state index contributed by atoms with van der Waals surface area (Å²) in [7, 11) is 5.18. The Kier molecular flexibility index (Phi) is 5.63. The van der Waals surface area contributed by atoms with Crippen LogP contribution in [-0.4, -0.2) is 45.5 Å². The highest BCUT2D eigenvalue weighted by Gasteiger charge is 2.36. The molecule has 146 valence electrons. The summed E-state index contributed by atoms with van der Waals surface area (Å²) in [5, 5.41) is 2.86. The Morgan fingerprint density at radius 2 is 1.79 bits per heavy atom. The minimum atomic E-state index is -0.516. The molecule has 28 heavy (non-hydrogen) atoms. The van der Waals surface area contributed by atoms with Gasteiger partial charge in [-0.1, -0.05) is 12.1 Å². The molecule has 3 rings (SSSR count). The second-order valence-electron chi connectivity index (χ2n) is 6.84. The van der Waals surface area contributed by atoms with Gasteiger partial charge in [0.15, 0.2) is 0 Å². The first-order valence-corrected chi connectivity index (χ1v) is 8.96. The zero-order valence-electron chi connectivity index (χ0n) is 16.1. The van der Waals surface area contributed by atoms with E-state index in [9.17, 15) is 14.4 Å². The molecule has 0 radical (unpaired) electrons. The van der Waals surface area contributed by atoms with E-state index in [4.69, 9.17) is 4.74 Å². The third kappa shape index (κ3) is 3.98. The maximum atomic E-state index is 12.6. The van der Waals surface area contributed by atoms with E-state index >= 15 is 0 Å². The smallest absolute Gasteiger partial charge is 0.339 e. The molecule has 2 aromatic rings. The molecule has 0 bridgehead atoms. The van der Waals surface area contributed by atoms with Gasteiger partial charge >= 0.3 is 5.97 Å². The standard InChI is InChI=1S/C21H23N3O4/c1-23(2)16-10-8-15(9-11-16)22-20(26)14-12-19(25)24(13-14)18-7-5-4-6-17(18)21(27)28-3/h4-11,14H,12-13H2,1-3H3,(H,22,26). The summed E-state index contributed by atoms with van der Waals surface area (Å²) in [6.45, 7) is 0.217. The fraction of sp³-hybridized carbons (Fsp3) is 0.286. The molecule has 1 N–H and O–H groups in total. The minimum Gasteiger partial charge on any atom is -0.465 e. The highest BCUT2D eigenvalue weighted by atomic mass is 16.5. The Morgan fingerprint density at radius 3 is 2.43 bits per heavy atom. The van der Waals surface area contributed by atoms with E-state index in [0.29, 0.717) is 16.9 Å². The monoisotopic (exact) mass is 381 g/mol. The Bertz CT molecular complexity index is 893. The van der Waals surface area contributed by atoms with Crippen molar-refractivity contribution in [2.75, 3.05) is 42.9 Å². The number of amides is 2. The van der Waals surface area contributed by atoms with Gasteiger partial charge in [-0.15, -0.1) is 0 Å². The lowest BCUT2D eigenvalue weighted by Gasteiger charge is -2.19. The summed E-state index contributed by atoms with van der Waals surface area (Å²) >= 11 is 0. The maximum Gasteiger partial charge on any atom is 0.339 e. The molecule has 2 aromatic carbocycles. The molecule has 1 aliphatic heterocycles. The zero-order chi connectivity index (χ0) is 20.3. The summed E-state index contributed by atoms with van der Waals surface area (Å²) in [6, 6.07) is 14.2. The topological polar surface area (TPSA) is 79.0 Å². The van der Waals surface area contributed by atoms with Gasteiger partial charge in [0.2, 0.25) is 11.8 Å². The number of nitrogens with one attached hydrogen (secondary N) is 1. The Labute approximate surface area is 163 Å². The van der Waals surface area contributed by atoms with Crippen LogP contribution in [0.15, 0.2) is 48.5 Å². The highest BCUT2D eigenvalue weighted by molar-refractivity contribution is 6.07. The van der Waals surface area contributed by atoms with Crippen molar-refractivity contribution in [3.05, 3.63) is 54.1 Å². The molecular weight excluding hydrogens is 358 g/mol. The van der Waals surface area contributed by atoms with Crippen LogP contribution >= 0.6 is 0 Å². The largest absolute Gasteiger partial charge is 0.465 e. The quantitative estimate of drug-likeness (QED) is 0.805. The summed E-state index contributed by atoms with van der Waals surface area (Å²) in [5.41, 5.74) is 2.47. The molecule has 0 aliphatic carbocycles. The first-order chi connectivity index (χ1) is 13.4. The van der Waals surface area contributed by atoms with Gasteiger partial charge in [-0.3, -0.25) is 9.59 Å². The van der Waals surface area contributed by atoms with Gasteiger partial charge in [0.1, 0.15) is 0 Å². The lowest BCUT2D eigenvalue weighted by molar-refractivity contribution is -0.122. The summed E-state index contributed by atoms with van der Waals surface area (Å²) < 4.78 is 4.79. The molecule has 7 nitrogen and oxygen atoms in total. The predicted octanol–water partition coefficient (Wildman–Crippen LogP) is 2.53. The van der Waals surface area contributed by atoms with Crippen molar-refractivity contribution in [2.24, 2.45) is 5.92 Å². The number of methoxy groups -OCH3 is 1. The minimum absolute atomic E-state index is 0.0944. The molecule has 0 saturated carbocycles. The van der Waals surface area contributed by atoms with Crippen LogP contribution in [0.3, 0.4) is 0 Å². The fourth-order valence-corrected chi connectivity index (χ4v) is 3.19. The van der Waals surface area contributed by atoms with Crippen LogP contribution in [0.4, 0.5) is 17.1 Å². The van der Waals surface area contributed by atoms with Crippen LogP contribution in [0.2, 0.25) is 0 Å². The van der Waals surface area contributed by atoms with Crippen LogP contribution in [0.25, 0.3) is 0 Å². The number of esters is 1. The molecule has 0 spiro atoms. The fourth-order valence-electron chi connectivity index (χ4n) is 3.19. The van der Waals surface area contributed by atoms with Crippen LogP contribution in [0.5, 0.6) is 0 Å².